The molecule has 0 heterocycles. The van der Waals surface area contributed by atoms with Crippen LogP contribution >= 0.6 is 0 Å². The number of allylic oxidation sites excluding steroid dienone is 3. The van der Waals surface area contributed by atoms with E-state index in [4.69, 9.17) is 0 Å². The van der Waals surface area contributed by atoms with Crippen LogP contribution in [0.5, 0.6) is 0 Å². The first kappa shape index (κ1) is 9.70. The lowest BCUT2D eigenvalue weighted by atomic mass is 10.0. The van der Waals surface area contributed by atoms with Crippen molar-refractivity contribution >= 4 is 11.3 Å². The molecular weight excluding hydrogens is 216 g/mol. The number of benzene rings is 2. The van der Waals surface area contributed by atoms with Gasteiger partial charge >= 0.3 is 0 Å². The molecule has 0 amide bonds. The monoisotopic (exact) mass is 228 g/mol. The Morgan fingerprint density at radius 3 is 2.44 bits per heavy atom. The zero-order valence-corrected chi connectivity index (χ0v) is 10.2. The molecule has 0 N–H and O–H groups in total. The molecule has 2 aliphatic carbocycles. The molecule has 0 unspecified atom stereocenters. The van der Waals surface area contributed by atoms with Crippen LogP contribution in [0.4, 0.5) is 0 Å². The molecule has 84 valence electrons. The first-order chi connectivity index (χ1) is 8.84. The largest absolute Gasteiger partial charge is 0.109 e. The van der Waals surface area contributed by atoms with E-state index in [1.165, 1.54) is 38.3 Å². The molecule has 0 spiro atoms. The fourth-order valence-electron chi connectivity index (χ4n) is 2.89. The molecular formula is C18H12. The van der Waals surface area contributed by atoms with Crippen molar-refractivity contribution in [2.45, 2.75) is 6.92 Å². The van der Waals surface area contributed by atoms with Crippen LogP contribution in [0.2, 0.25) is 0 Å². The minimum absolute atomic E-state index is 1.18. The maximum absolute atomic E-state index is 3.48. The molecule has 0 radical (unpaired) electrons. The van der Waals surface area contributed by atoms with Crippen molar-refractivity contribution in [1.82, 2.24) is 0 Å². The number of rotatable bonds is 0. The van der Waals surface area contributed by atoms with Crippen molar-refractivity contribution in [2.75, 3.05) is 0 Å². The molecule has 0 aromatic heterocycles. The topological polar surface area (TPSA) is 0 Å². The molecule has 0 nitrogen and oxygen atoms in total. The Labute approximate surface area is 106 Å². The smallest absolute Gasteiger partial charge is 0.0252 e. The molecule has 0 fully saturated rings. The van der Waals surface area contributed by atoms with Crippen molar-refractivity contribution in [1.29, 1.82) is 0 Å². The highest BCUT2D eigenvalue weighted by molar-refractivity contribution is 5.93. The van der Waals surface area contributed by atoms with Gasteiger partial charge in [-0.3, -0.25) is 0 Å². The molecule has 0 aliphatic heterocycles. The summed E-state index contributed by atoms with van der Waals surface area (Å²) in [6.45, 7) is 2.10. The van der Waals surface area contributed by atoms with Gasteiger partial charge in [0, 0.05) is 10.4 Å². The average Bonchev–Trinajstić information content (AvgIpc) is 2.61. The van der Waals surface area contributed by atoms with E-state index in [0.29, 0.717) is 0 Å². The van der Waals surface area contributed by atoms with Gasteiger partial charge in [-0.2, -0.15) is 0 Å². The highest BCUT2D eigenvalue weighted by Gasteiger charge is 2.18. The zero-order chi connectivity index (χ0) is 12.1. The summed E-state index contributed by atoms with van der Waals surface area (Å²) in [4.78, 5) is 0. The third kappa shape index (κ3) is 1.16. The van der Waals surface area contributed by atoms with Crippen LogP contribution in [0.15, 0.2) is 60.2 Å². The lowest BCUT2D eigenvalue weighted by molar-refractivity contribution is 1.52. The quantitative estimate of drug-likeness (QED) is 0.650. The van der Waals surface area contributed by atoms with E-state index in [1.807, 2.05) is 0 Å². The molecule has 0 heteroatoms. The predicted octanol–water partition coefficient (Wildman–Crippen LogP) is 2.76. The van der Waals surface area contributed by atoms with Crippen LogP contribution in [0.25, 0.3) is 22.4 Å². The highest BCUT2D eigenvalue weighted by atomic mass is 14.2. The second-order valence-electron chi connectivity index (χ2n) is 4.83. The molecule has 2 aromatic carbocycles. The molecule has 0 saturated carbocycles. The van der Waals surface area contributed by atoms with E-state index in [1.54, 1.807) is 0 Å². The Balaban J connectivity index is 2.33. The Bertz CT molecular complexity index is 857. The molecule has 2 aromatic rings. The summed E-state index contributed by atoms with van der Waals surface area (Å²) in [6.07, 6.45) is 4.38. The van der Waals surface area contributed by atoms with Crippen LogP contribution in [0.3, 0.4) is 0 Å². The van der Waals surface area contributed by atoms with E-state index < -0.39 is 0 Å². The maximum Gasteiger partial charge on any atom is 0.0252 e. The average molecular weight is 228 g/mol. The van der Waals surface area contributed by atoms with Crippen molar-refractivity contribution in [3.63, 3.8) is 0 Å². The summed E-state index contributed by atoms with van der Waals surface area (Å²) in [5.74, 6) is 0. The van der Waals surface area contributed by atoms with Gasteiger partial charge in [0.15, 0.2) is 0 Å². The summed E-state index contributed by atoms with van der Waals surface area (Å²) in [5, 5.41) is 2.55. The number of fused-ring (bicyclic) bond motifs is 3. The van der Waals surface area contributed by atoms with Crippen molar-refractivity contribution < 1.29 is 0 Å². The van der Waals surface area contributed by atoms with Crippen molar-refractivity contribution in [3.8, 4) is 11.1 Å². The van der Waals surface area contributed by atoms with E-state index in [-0.39, 0.29) is 0 Å². The van der Waals surface area contributed by atoms with Crippen LogP contribution in [-0.2, 0) is 0 Å². The number of hydrogen-bond acceptors (Lipinski definition) is 0. The van der Waals surface area contributed by atoms with Crippen LogP contribution in [0.1, 0.15) is 12.5 Å². The Morgan fingerprint density at radius 1 is 0.778 bits per heavy atom. The zero-order valence-electron chi connectivity index (χ0n) is 10.2. The summed E-state index contributed by atoms with van der Waals surface area (Å²) in [6, 6.07) is 15.1. The van der Waals surface area contributed by atoms with Crippen LogP contribution < -0.4 is 10.4 Å². The van der Waals surface area contributed by atoms with Gasteiger partial charge in [0.2, 0.25) is 0 Å². The summed E-state index contributed by atoms with van der Waals surface area (Å²) < 4.78 is 0. The first-order valence-electron chi connectivity index (χ1n) is 6.23. The van der Waals surface area contributed by atoms with Gasteiger partial charge < -0.3 is 0 Å². The third-order valence-electron chi connectivity index (χ3n) is 3.67. The minimum atomic E-state index is 1.18. The fourth-order valence-corrected chi connectivity index (χ4v) is 2.89. The minimum Gasteiger partial charge on any atom is -0.109 e. The van der Waals surface area contributed by atoms with Gasteiger partial charge in [-0.1, -0.05) is 48.6 Å². The van der Waals surface area contributed by atoms with E-state index in [9.17, 15) is 0 Å². The predicted molar refractivity (Wildman–Crippen MR) is 75.4 cm³/mol. The van der Waals surface area contributed by atoms with Gasteiger partial charge in [-0.05, 0) is 40.8 Å². The van der Waals surface area contributed by atoms with Crippen molar-refractivity contribution in [3.05, 3.63) is 76.2 Å². The van der Waals surface area contributed by atoms with E-state index >= 15 is 0 Å². The van der Waals surface area contributed by atoms with E-state index in [2.05, 4.69) is 67.3 Å². The fraction of sp³-hybridized carbons (Fsp3) is 0.0556. The molecule has 2 aliphatic rings. The van der Waals surface area contributed by atoms with Gasteiger partial charge in [0.05, 0.1) is 0 Å². The standard InChI is InChI=1S/C18H12/c1-12-9-10-17-15-7-3-2-6-14(15)16-8-4-5-13(11-12)18(16)17/h2-10H,1H3. The van der Waals surface area contributed by atoms with Crippen LogP contribution in [0, 0.1) is 0 Å². The molecule has 0 bridgehead atoms. The highest BCUT2D eigenvalue weighted by Crippen LogP contribution is 2.31. The van der Waals surface area contributed by atoms with Crippen LogP contribution in [-0.4, -0.2) is 0 Å². The van der Waals surface area contributed by atoms with E-state index in [0.717, 1.165) is 0 Å². The van der Waals surface area contributed by atoms with Gasteiger partial charge in [-0.25, -0.2) is 0 Å². The van der Waals surface area contributed by atoms with Gasteiger partial charge in [0.1, 0.15) is 0 Å². The Hall–Kier alpha value is -2.30. The molecule has 4 rings (SSSR count). The molecule has 0 saturated heterocycles. The second-order valence-corrected chi connectivity index (χ2v) is 4.83. The number of hydrogen-bond donors (Lipinski definition) is 0. The summed E-state index contributed by atoms with van der Waals surface area (Å²) >= 11 is 0. The lowest BCUT2D eigenvalue weighted by Crippen LogP contribution is -2.25. The lowest BCUT2D eigenvalue weighted by Gasteiger charge is -2.01. The van der Waals surface area contributed by atoms with Crippen molar-refractivity contribution in [2.24, 2.45) is 0 Å². The molecule has 18 heavy (non-hydrogen) atoms. The normalized spacial score (nSPS) is 14.5. The summed E-state index contributed by atoms with van der Waals surface area (Å²) in [5.41, 5.74) is 10.0. The van der Waals surface area contributed by atoms with Gasteiger partial charge in [0.25, 0.3) is 0 Å². The second kappa shape index (κ2) is 3.35. The third-order valence-corrected chi connectivity index (χ3v) is 3.67. The SMILES string of the molecule is CC1=C=c2cccc3c2=C(C=C1)c1ccccc1-3. The Morgan fingerprint density at radius 2 is 1.56 bits per heavy atom. The molecule has 0 atom stereocenters. The summed E-state index contributed by atoms with van der Waals surface area (Å²) in [7, 11) is 0. The maximum atomic E-state index is 3.48. The Kier molecular flexibility index (Phi) is 1.81. The van der Waals surface area contributed by atoms with Gasteiger partial charge in [-0.15, -0.1) is 5.73 Å². The first-order valence-corrected chi connectivity index (χ1v) is 6.23.